The lowest BCUT2D eigenvalue weighted by molar-refractivity contribution is 0.669. The van der Waals surface area contributed by atoms with E-state index in [-0.39, 0.29) is 0 Å². The summed E-state index contributed by atoms with van der Waals surface area (Å²) in [6.45, 7) is 0. The molecule has 10 aromatic carbocycles. The second-order valence-corrected chi connectivity index (χ2v) is 16.0. The molecule has 0 amide bonds. The van der Waals surface area contributed by atoms with Crippen LogP contribution >= 0.6 is 0 Å². The molecule has 2 nitrogen and oxygen atoms in total. The molecule has 0 aliphatic heterocycles. The molecule has 286 valence electrons. The van der Waals surface area contributed by atoms with E-state index in [2.05, 4.69) is 235 Å². The first-order valence-corrected chi connectivity index (χ1v) is 21.0. The second-order valence-electron chi connectivity index (χ2n) is 16.0. The van der Waals surface area contributed by atoms with Crippen LogP contribution in [0.25, 0.3) is 66.1 Å². The number of fused-ring (bicyclic) bond motifs is 7. The molecule has 12 rings (SSSR count). The van der Waals surface area contributed by atoms with E-state index >= 15 is 0 Å². The van der Waals surface area contributed by atoms with Gasteiger partial charge in [-0.05, 0) is 97.2 Å². The van der Waals surface area contributed by atoms with Crippen molar-refractivity contribution in [3.05, 3.63) is 259 Å². The predicted molar refractivity (Wildman–Crippen MR) is 254 cm³/mol. The van der Waals surface area contributed by atoms with Crippen LogP contribution < -0.4 is 4.90 Å². The number of furan rings is 1. The highest BCUT2D eigenvalue weighted by Crippen LogP contribution is 2.60. The first-order chi connectivity index (χ1) is 30.3. The summed E-state index contributed by atoms with van der Waals surface area (Å²) in [7, 11) is 0. The molecule has 2 heteroatoms. The Morgan fingerprint density at radius 1 is 0.361 bits per heavy atom. The maximum Gasteiger partial charge on any atom is 0.159 e. The average molecular weight is 778 g/mol. The molecule has 1 heterocycles. The second kappa shape index (κ2) is 14.1. The Bertz CT molecular complexity index is 3370. The summed E-state index contributed by atoms with van der Waals surface area (Å²) in [6, 6.07) is 85.9. The number of rotatable bonds is 7. The fourth-order valence-electron chi connectivity index (χ4n) is 10.1. The zero-order valence-electron chi connectivity index (χ0n) is 33.4. The average Bonchev–Trinajstić information content (AvgIpc) is 3.87. The standard InChI is InChI=1S/C59H39NO/c1-3-21-44(22-4-1)59(45-23-5-2-6-24-45)52-30-11-9-27-51(52)57-53(59)31-16-32-54(57)60(55-33-15-29-50-49-26-10-12-34-56(49)61-58(50)55)46-37-35-40(36-38-46)42-19-13-20-43(39-42)48-28-14-18-41-17-7-8-25-47(41)48/h1-39H. The minimum atomic E-state index is -0.527. The summed E-state index contributed by atoms with van der Waals surface area (Å²) in [5.41, 5.74) is 16.6. The molecular formula is C59H39NO. The van der Waals surface area contributed by atoms with Crippen LogP contribution in [0.1, 0.15) is 22.3 Å². The number of benzene rings is 10. The number of nitrogens with zero attached hydrogens (tertiary/aromatic N) is 1. The first kappa shape index (κ1) is 35.0. The van der Waals surface area contributed by atoms with Gasteiger partial charge in [-0.1, -0.05) is 200 Å². The Morgan fingerprint density at radius 2 is 0.934 bits per heavy atom. The van der Waals surface area contributed by atoms with Gasteiger partial charge in [0.25, 0.3) is 0 Å². The number of hydrogen-bond acceptors (Lipinski definition) is 2. The van der Waals surface area contributed by atoms with Crippen LogP contribution in [0.2, 0.25) is 0 Å². The van der Waals surface area contributed by atoms with Crippen molar-refractivity contribution in [2.75, 3.05) is 4.90 Å². The van der Waals surface area contributed by atoms with Crippen LogP contribution in [0.15, 0.2) is 241 Å². The smallest absolute Gasteiger partial charge is 0.159 e. The summed E-state index contributed by atoms with van der Waals surface area (Å²) in [4.78, 5) is 2.42. The molecule has 1 aliphatic carbocycles. The van der Waals surface area contributed by atoms with Crippen molar-refractivity contribution >= 4 is 49.8 Å². The van der Waals surface area contributed by atoms with Crippen LogP contribution in [-0.4, -0.2) is 0 Å². The lowest BCUT2D eigenvalue weighted by Crippen LogP contribution is -2.28. The van der Waals surface area contributed by atoms with Crippen molar-refractivity contribution < 1.29 is 4.42 Å². The summed E-state index contributed by atoms with van der Waals surface area (Å²) in [6.07, 6.45) is 0. The minimum absolute atomic E-state index is 0.527. The largest absolute Gasteiger partial charge is 0.454 e. The van der Waals surface area contributed by atoms with Gasteiger partial charge in [-0.2, -0.15) is 0 Å². The van der Waals surface area contributed by atoms with Crippen LogP contribution in [0.3, 0.4) is 0 Å². The van der Waals surface area contributed by atoms with Gasteiger partial charge in [0, 0.05) is 22.0 Å². The van der Waals surface area contributed by atoms with Gasteiger partial charge in [-0.15, -0.1) is 0 Å². The summed E-state index contributed by atoms with van der Waals surface area (Å²) < 4.78 is 6.81. The van der Waals surface area contributed by atoms with Gasteiger partial charge in [0.15, 0.2) is 5.58 Å². The van der Waals surface area contributed by atoms with E-state index < -0.39 is 5.41 Å². The molecule has 0 N–H and O–H groups in total. The van der Waals surface area contributed by atoms with E-state index in [0.29, 0.717) is 0 Å². The summed E-state index contributed by atoms with van der Waals surface area (Å²) >= 11 is 0. The molecule has 1 aliphatic rings. The van der Waals surface area contributed by atoms with E-state index in [1.165, 1.54) is 60.8 Å². The van der Waals surface area contributed by atoms with E-state index in [9.17, 15) is 0 Å². The molecule has 0 atom stereocenters. The van der Waals surface area contributed by atoms with Crippen LogP contribution in [-0.2, 0) is 5.41 Å². The molecular weight excluding hydrogens is 739 g/mol. The lowest BCUT2D eigenvalue weighted by Gasteiger charge is -2.34. The van der Waals surface area contributed by atoms with Gasteiger partial charge in [0.2, 0.25) is 0 Å². The topological polar surface area (TPSA) is 16.4 Å². The Hall–Kier alpha value is -7.94. The van der Waals surface area contributed by atoms with Crippen molar-refractivity contribution in [3.8, 4) is 33.4 Å². The van der Waals surface area contributed by atoms with Gasteiger partial charge in [-0.25, -0.2) is 0 Å². The SMILES string of the molecule is c1ccc(C2(c3ccccc3)c3ccccc3-c3c(N(c4ccc(-c5cccc(-c6cccc7ccccc67)c5)cc4)c4cccc5c4oc4ccccc45)cccc32)cc1. The van der Waals surface area contributed by atoms with Crippen molar-refractivity contribution in [1.82, 2.24) is 0 Å². The number of para-hydroxylation sites is 2. The Balaban J connectivity index is 1.08. The van der Waals surface area contributed by atoms with Crippen molar-refractivity contribution in [3.63, 3.8) is 0 Å². The van der Waals surface area contributed by atoms with Crippen molar-refractivity contribution in [1.29, 1.82) is 0 Å². The van der Waals surface area contributed by atoms with Gasteiger partial charge in [0.05, 0.1) is 16.8 Å². The Kier molecular flexibility index (Phi) is 8.11. The molecule has 0 unspecified atom stereocenters. The van der Waals surface area contributed by atoms with Crippen LogP contribution in [0.4, 0.5) is 17.1 Å². The molecule has 0 saturated carbocycles. The van der Waals surface area contributed by atoms with Crippen LogP contribution in [0, 0.1) is 0 Å². The van der Waals surface area contributed by atoms with E-state index in [1.54, 1.807) is 0 Å². The highest BCUT2D eigenvalue weighted by molar-refractivity contribution is 6.11. The highest BCUT2D eigenvalue weighted by atomic mass is 16.3. The fourth-order valence-corrected chi connectivity index (χ4v) is 10.1. The lowest BCUT2D eigenvalue weighted by atomic mass is 9.68. The zero-order chi connectivity index (χ0) is 40.3. The van der Waals surface area contributed by atoms with Crippen molar-refractivity contribution in [2.45, 2.75) is 5.41 Å². The summed E-state index contributed by atoms with van der Waals surface area (Å²) in [5.74, 6) is 0. The Labute approximate surface area is 355 Å². The number of hydrogen-bond donors (Lipinski definition) is 0. The third kappa shape index (κ3) is 5.43. The minimum Gasteiger partial charge on any atom is -0.454 e. The normalized spacial score (nSPS) is 12.7. The van der Waals surface area contributed by atoms with E-state index in [1.807, 2.05) is 6.07 Å². The molecule has 0 spiro atoms. The Morgan fingerprint density at radius 3 is 1.75 bits per heavy atom. The predicted octanol–water partition coefficient (Wildman–Crippen LogP) is 15.9. The quantitative estimate of drug-likeness (QED) is 0.160. The molecule has 0 bridgehead atoms. The maximum atomic E-state index is 6.81. The van der Waals surface area contributed by atoms with Gasteiger partial charge in [-0.3, -0.25) is 0 Å². The maximum absolute atomic E-state index is 6.81. The molecule has 11 aromatic rings. The third-order valence-corrected chi connectivity index (χ3v) is 12.7. The molecule has 0 saturated heterocycles. The summed E-state index contributed by atoms with van der Waals surface area (Å²) in [5, 5.41) is 4.70. The monoisotopic (exact) mass is 777 g/mol. The molecule has 0 radical (unpaired) electrons. The van der Waals surface area contributed by atoms with Crippen molar-refractivity contribution in [2.24, 2.45) is 0 Å². The van der Waals surface area contributed by atoms with Gasteiger partial charge < -0.3 is 9.32 Å². The van der Waals surface area contributed by atoms with Crippen LogP contribution in [0.5, 0.6) is 0 Å². The van der Waals surface area contributed by atoms with Gasteiger partial charge in [0.1, 0.15) is 5.58 Å². The first-order valence-electron chi connectivity index (χ1n) is 21.0. The van der Waals surface area contributed by atoms with E-state index in [4.69, 9.17) is 4.42 Å². The van der Waals surface area contributed by atoms with Gasteiger partial charge >= 0.3 is 0 Å². The third-order valence-electron chi connectivity index (χ3n) is 12.7. The fraction of sp³-hybridized carbons (Fsp3) is 0.0169. The molecule has 61 heavy (non-hydrogen) atoms. The highest BCUT2D eigenvalue weighted by Gasteiger charge is 2.47. The van der Waals surface area contributed by atoms with E-state index in [0.717, 1.165) is 44.6 Å². The molecule has 1 aromatic heterocycles. The molecule has 0 fully saturated rings. The number of anilines is 3. The zero-order valence-corrected chi connectivity index (χ0v) is 33.4.